The maximum atomic E-state index is 12.2. The third-order valence-electron chi connectivity index (χ3n) is 5.78. The topological polar surface area (TPSA) is 76.7 Å². The summed E-state index contributed by atoms with van der Waals surface area (Å²) in [6.07, 6.45) is -0.659. The van der Waals surface area contributed by atoms with E-state index in [0.29, 0.717) is 6.42 Å². The zero-order chi connectivity index (χ0) is 26.2. The Balaban J connectivity index is 1.73. The van der Waals surface area contributed by atoms with E-state index in [2.05, 4.69) is 23.8 Å². The van der Waals surface area contributed by atoms with E-state index in [-0.39, 0.29) is 13.2 Å². The molecule has 2 aromatic carbocycles. The van der Waals surface area contributed by atoms with E-state index >= 15 is 0 Å². The number of hydrogen-bond acceptors (Lipinski definition) is 4. The molecule has 0 saturated heterocycles. The Labute approximate surface area is 209 Å². The van der Waals surface area contributed by atoms with Crippen molar-refractivity contribution in [2.45, 2.75) is 59.0 Å². The van der Waals surface area contributed by atoms with Crippen LogP contribution in [0.4, 0.5) is 9.59 Å². The molecule has 6 heteroatoms. The van der Waals surface area contributed by atoms with E-state index in [1.54, 1.807) is 0 Å². The second kappa shape index (κ2) is 11.7. The van der Waals surface area contributed by atoms with Crippen LogP contribution in [-0.2, 0) is 20.6 Å². The molecular weight excluding hydrogens is 440 g/mol. The Kier molecular flexibility index (Phi) is 9.29. The number of nitrogens with one attached hydrogen (secondary N) is 2. The standard InChI is InChI=1S/C29H38N2O4/c1-20(2)22-10-14-24(15-11-22)28(5,6)30-26(32)34-18-9-19-35-27(33)31-29(7,8)25-16-12-23(13-17-25)21(3)4/h10-17H,1,3,9,18-19H2,2,4-8H3,(H,30,32)(H,31,33). The molecule has 0 aliphatic carbocycles. The van der Waals surface area contributed by atoms with Crippen LogP contribution in [0.5, 0.6) is 0 Å². The SMILES string of the molecule is C=C(C)c1ccc(C(C)(C)NC(=O)OCCCOC(=O)NC(C)(C)c2ccc(C(=C)C)cc2)cc1. The van der Waals surface area contributed by atoms with Crippen LogP contribution in [0.1, 0.15) is 70.2 Å². The van der Waals surface area contributed by atoms with Crippen LogP contribution in [0.2, 0.25) is 0 Å². The van der Waals surface area contributed by atoms with Gasteiger partial charge in [0, 0.05) is 6.42 Å². The molecule has 0 aliphatic rings. The Morgan fingerprint density at radius 1 is 0.686 bits per heavy atom. The highest BCUT2D eigenvalue weighted by atomic mass is 16.6. The minimum absolute atomic E-state index is 0.134. The number of carbonyl (C=O) groups is 2. The zero-order valence-electron chi connectivity index (χ0n) is 21.8. The molecule has 0 atom stereocenters. The molecule has 2 N–H and O–H groups in total. The molecule has 2 amide bonds. The van der Waals surface area contributed by atoms with Gasteiger partial charge in [-0.3, -0.25) is 0 Å². The maximum Gasteiger partial charge on any atom is 0.407 e. The van der Waals surface area contributed by atoms with Gasteiger partial charge in [-0.25, -0.2) is 9.59 Å². The number of hydrogen-bond donors (Lipinski definition) is 2. The highest BCUT2D eigenvalue weighted by molar-refractivity contribution is 5.69. The van der Waals surface area contributed by atoms with Crippen LogP contribution in [0.3, 0.4) is 0 Å². The van der Waals surface area contributed by atoms with E-state index in [9.17, 15) is 9.59 Å². The summed E-state index contributed by atoms with van der Waals surface area (Å²) < 4.78 is 10.5. The lowest BCUT2D eigenvalue weighted by molar-refractivity contribution is 0.110. The average molecular weight is 479 g/mol. The minimum atomic E-state index is -0.602. The summed E-state index contributed by atoms with van der Waals surface area (Å²) in [6.45, 7) is 19.7. The molecule has 2 rings (SSSR count). The summed E-state index contributed by atoms with van der Waals surface area (Å²) in [6, 6.07) is 15.8. The second-order valence-corrected chi connectivity index (χ2v) is 9.84. The Morgan fingerprint density at radius 2 is 1.00 bits per heavy atom. The van der Waals surface area contributed by atoms with Crippen LogP contribution in [-0.4, -0.2) is 25.4 Å². The highest BCUT2D eigenvalue weighted by Gasteiger charge is 2.25. The first-order valence-corrected chi connectivity index (χ1v) is 11.7. The van der Waals surface area contributed by atoms with E-state index in [0.717, 1.165) is 33.4 Å². The smallest absolute Gasteiger partial charge is 0.407 e. The number of benzene rings is 2. The second-order valence-electron chi connectivity index (χ2n) is 9.84. The van der Waals surface area contributed by atoms with Crippen molar-refractivity contribution in [3.8, 4) is 0 Å². The third-order valence-corrected chi connectivity index (χ3v) is 5.78. The molecule has 6 nitrogen and oxygen atoms in total. The molecular formula is C29H38N2O4. The van der Waals surface area contributed by atoms with Gasteiger partial charge in [0.05, 0.1) is 24.3 Å². The fourth-order valence-corrected chi connectivity index (χ4v) is 3.46. The lowest BCUT2D eigenvalue weighted by Gasteiger charge is -2.27. The largest absolute Gasteiger partial charge is 0.449 e. The number of carbonyl (C=O) groups excluding carboxylic acids is 2. The molecule has 0 bridgehead atoms. The van der Waals surface area contributed by atoms with Gasteiger partial charge >= 0.3 is 12.2 Å². The van der Waals surface area contributed by atoms with Crippen molar-refractivity contribution >= 4 is 23.3 Å². The predicted octanol–water partition coefficient (Wildman–Crippen LogP) is 6.77. The first kappa shape index (κ1) is 27.7. The quantitative estimate of drug-likeness (QED) is 0.370. The van der Waals surface area contributed by atoms with Crippen molar-refractivity contribution in [1.29, 1.82) is 0 Å². The zero-order valence-corrected chi connectivity index (χ0v) is 21.8. The minimum Gasteiger partial charge on any atom is -0.449 e. The van der Waals surface area contributed by atoms with Gasteiger partial charge in [0.25, 0.3) is 0 Å². The first-order chi connectivity index (χ1) is 16.3. The van der Waals surface area contributed by atoms with Gasteiger partial charge in [0.1, 0.15) is 0 Å². The van der Waals surface area contributed by atoms with Crippen molar-refractivity contribution in [3.63, 3.8) is 0 Å². The van der Waals surface area contributed by atoms with Gasteiger partial charge < -0.3 is 20.1 Å². The van der Waals surface area contributed by atoms with E-state index < -0.39 is 23.3 Å². The first-order valence-electron chi connectivity index (χ1n) is 11.7. The van der Waals surface area contributed by atoms with Gasteiger partial charge in [-0.1, -0.05) is 72.8 Å². The van der Waals surface area contributed by atoms with Crippen LogP contribution >= 0.6 is 0 Å². The molecule has 188 valence electrons. The van der Waals surface area contributed by atoms with E-state index in [1.165, 1.54) is 0 Å². The van der Waals surface area contributed by atoms with Crippen LogP contribution in [0, 0.1) is 0 Å². The third kappa shape index (κ3) is 8.32. The molecule has 0 radical (unpaired) electrons. The fourth-order valence-electron chi connectivity index (χ4n) is 3.46. The summed E-state index contributed by atoms with van der Waals surface area (Å²) >= 11 is 0. The summed E-state index contributed by atoms with van der Waals surface area (Å²) in [4.78, 5) is 24.5. The summed E-state index contributed by atoms with van der Waals surface area (Å²) in [5.74, 6) is 0. The van der Waals surface area contributed by atoms with Crippen LogP contribution in [0.15, 0.2) is 61.7 Å². The Bertz CT molecular complexity index is 966. The van der Waals surface area contributed by atoms with Crippen molar-refractivity contribution in [3.05, 3.63) is 83.9 Å². The molecule has 0 fully saturated rings. The molecule has 0 heterocycles. The Hall–Kier alpha value is -3.54. The van der Waals surface area contributed by atoms with Crippen molar-refractivity contribution in [2.24, 2.45) is 0 Å². The number of amides is 2. The molecule has 0 spiro atoms. The van der Waals surface area contributed by atoms with Gasteiger partial charge in [-0.05, 0) is 63.8 Å². The maximum absolute atomic E-state index is 12.2. The molecule has 35 heavy (non-hydrogen) atoms. The Morgan fingerprint density at radius 3 is 1.29 bits per heavy atom. The van der Waals surface area contributed by atoms with Crippen molar-refractivity contribution in [2.75, 3.05) is 13.2 Å². The lowest BCUT2D eigenvalue weighted by Crippen LogP contribution is -2.42. The van der Waals surface area contributed by atoms with E-state index in [4.69, 9.17) is 9.47 Å². The molecule has 0 saturated carbocycles. The molecule has 0 unspecified atom stereocenters. The number of rotatable bonds is 10. The van der Waals surface area contributed by atoms with E-state index in [1.807, 2.05) is 90.1 Å². The van der Waals surface area contributed by atoms with Crippen LogP contribution in [0.25, 0.3) is 11.1 Å². The number of alkyl carbamates (subject to hydrolysis) is 2. The monoisotopic (exact) mass is 478 g/mol. The number of ether oxygens (including phenoxy) is 2. The summed E-state index contributed by atoms with van der Waals surface area (Å²) in [5.41, 5.74) is 4.79. The predicted molar refractivity (Wildman–Crippen MR) is 142 cm³/mol. The van der Waals surface area contributed by atoms with Crippen LogP contribution < -0.4 is 10.6 Å². The van der Waals surface area contributed by atoms with Crippen molar-refractivity contribution in [1.82, 2.24) is 10.6 Å². The van der Waals surface area contributed by atoms with Gasteiger partial charge in [0.15, 0.2) is 0 Å². The van der Waals surface area contributed by atoms with Gasteiger partial charge in [-0.15, -0.1) is 0 Å². The lowest BCUT2D eigenvalue weighted by atomic mass is 9.93. The summed E-state index contributed by atoms with van der Waals surface area (Å²) in [5, 5.41) is 5.74. The molecule has 0 aliphatic heterocycles. The van der Waals surface area contributed by atoms with Crippen molar-refractivity contribution < 1.29 is 19.1 Å². The molecule has 0 aromatic heterocycles. The number of allylic oxidation sites excluding steroid dienone is 2. The summed E-state index contributed by atoms with van der Waals surface area (Å²) in [7, 11) is 0. The van der Waals surface area contributed by atoms with Gasteiger partial charge in [-0.2, -0.15) is 0 Å². The normalized spacial score (nSPS) is 11.4. The fraction of sp³-hybridized carbons (Fsp3) is 0.379. The highest BCUT2D eigenvalue weighted by Crippen LogP contribution is 2.23. The molecule has 2 aromatic rings. The average Bonchev–Trinajstić information content (AvgIpc) is 2.78. The van der Waals surface area contributed by atoms with Gasteiger partial charge in [0.2, 0.25) is 0 Å².